The molecule has 22 rings (SSSR count). The first-order valence-corrected chi connectivity index (χ1v) is 36.1. The molecule has 1 aliphatic heterocycles. The van der Waals surface area contributed by atoms with Gasteiger partial charge in [0.1, 0.15) is 5.65 Å². The van der Waals surface area contributed by atoms with Crippen molar-refractivity contribution < 1.29 is 33.3 Å². The smallest absolute Gasteiger partial charge is 0.283 e. The number of aromatic nitrogens is 3. The standard InChI is InChI=1S/C36H19N2O4.C36H24O2.C26H14N2O/c39-33-24-13-9-20-22-11-15-26-31-27(36(42)38(35(26)41)19-7-3-1-4-8-19)16-12-23(29(22)31)21-10-14-25(30(24)28(20)21)34(40)32(33)37-17-5-2-6-18-37;37-35-31(25-13-5-1-6-14-25)21-29(22-32(35)26-15-7-2-8-16-26)30-23-33(27-17-9-3-10-18-27)36(38)34(24-30)28-19-11-4-12-20-28;29-26-21-14-6-8-15-7-5-13-20(22(15)21)25-27-23-18-11-3-1-9-16(18)17-10-2-4-12-19(17)24(23)28(25)26/h1-18,32H;1-24H;1-14H/q+1;;. The second-order valence-electron chi connectivity index (χ2n) is 27.7. The number of imide groups is 1. The molecule has 3 aliphatic carbocycles. The van der Waals surface area contributed by atoms with Crippen LogP contribution in [0.15, 0.2) is 356 Å². The maximum atomic E-state index is 13.8. The summed E-state index contributed by atoms with van der Waals surface area (Å²) in [5.74, 6) is -1.23. The van der Waals surface area contributed by atoms with Crippen molar-refractivity contribution in [3.63, 3.8) is 0 Å². The number of amides is 2. The number of pyridine rings is 2. The van der Waals surface area contributed by atoms with Crippen molar-refractivity contribution in [2.75, 3.05) is 4.90 Å². The zero-order valence-electron chi connectivity index (χ0n) is 58.1. The number of nitrogens with zero attached hydrogens (tertiary/aromatic N) is 4. The first kappa shape index (κ1) is 63.8. The topological polar surface area (TPSA) is 144 Å². The fraction of sp³-hybridized carbons (Fsp3) is 0.0102. The molecule has 15 aromatic carbocycles. The molecule has 0 spiro atoms. The van der Waals surface area contributed by atoms with Crippen molar-refractivity contribution in [2.45, 2.75) is 6.04 Å². The Morgan fingerprint density at radius 3 is 1.12 bits per heavy atom. The van der Waals surface area contributed by atoms with Crippen molar-refractivity contribution in [1.29, 1.82) is 0 Å². The minimum atomic E-state index is -0.954. The van der Waals surface area contributed by atoms with Crippen LogP contribution in [0.3, 0.4) is 0 Å². The Balaban J connectivity index is 0.000000109. The number of fused-ring (bicyclic) bond motifs is 11. The Bertz CT molecular complexity index is 6720. The molecular weight excluding hydrogens is 1350 g/mol. The summed E-state index contributed by atoms with van der Waals surface area (Å²) in [7, 11) is 0. The Labute approximate surface area is 621 Å². The molecule has 109 heavy (non-hydrogen) atoms. The van der Waals surface area contributed by atoms with Gasteiger partial charge in [0, 0.05) is 94.4 Å². The van der Waals surface area contributed by atoms with Gasteiger partial charge in [-0.05, 0) is 149 Å². The number of carbonyl (C=O) groups excluding carboxylic acids is 6. The molecule has 0 atom stereocenters. The van der Waals surface area contributed by atoms with Gasteiger partial charge in [-0.2, -0.15) is 4.57 Å². The molecule has 0 radical (unpaired) electrons. The van der Waals surface area contributed by atoms with Crippen molar-refractivity contribution in [3.8, 4) is 0 Å². The Kier molecular flexibility index (Phi) is 14.8. The van der Waals surface area contributed by atoms with Gasteiger partial charge in [-0.25, -0.2) is 9.88 Å². The van der Waals surface area contributed by atoms with E-state index < -0.39 is 6.04 Å². The van der Waals surface area contributed by atoms with E-state index in [0.29, 0.717) is 61.0 Å². The molecule has 11 heteroatoms. The summed E-state index contributed by atoms with van der Waals surface area (Å²) in [6, 6.07) is 96.0. The van der Waals surface area contributed by atoms with Crippen molar-refractivity contribution in [3.05, 3.63) is 406 Å². The van der Waals surface area contributed by atoms with Crippen molar-refractivity contribution in [2.24, 2.45) is 0 Å². The van der Waals surface area contributed by atoms with E-state index in [9.17, 15) is 33.6 Å². The maximum absolute atomic E-state index is 13.8. The average Bonchev–Trinajstić information content (AvgIpc) is 1.35. The fourth-order valence-corrected chi connectivity index (χ4v) is 16.9. The van der Waals surface area contributed by atoms with E-state index in [1.54, 1.807) is 65.5 Å². The lowest BCUT2D eigenvalue weighted by molar-refractivity contribution is -0.693. The third-order valence-corrected chi connectivity index (χ3v) is 21.8. The molecule has 0 N–H and O–H groups in total. The highest BCUT2D eigenvalue weighted by atomic mass is 16.2. The number of para-hydroxylation sites is 1. The quantitative estimate of drug-likeness (QED) is 0.0526. The number of benzene rings is 15. The minimum absolute atomic E-state index is 0.00719. The summed E-state index contributed by atoms with van der Waals surface area (Å²) in [6.45, 7) is 0. The zero-order valence-corrected chi connectivity index (χ0v) is 58.1. The number of carbonyl (C=O) groups is 6. The molecule has 0 unspecified atom stereocenters. The number of anilines is 1. The molecular formula is C98H57N4O7+. The summed E-state index contributed by atoms with van der Waals surface area (Å²) < 4.78 is 3.48. The molecule has 0 bridgehead atoms. The van der Waals surface area contributed by atoms with E-state index >= 15 is 0 Å². The van der Waals surface area contributed by atoms with Gasteiger partial charge >= 0.3 is 0 Å². The first-order valence-electron chi connectivity index (χ1n) is 36.1. The van der Waals surface area contributed by atoms with Gasteiger partial charge in [0.05, 0.1) is 16.7 Å². The molecule has 0 saturated heterocycles. The third kappa shape index (κ3) is 9.94. The van der Waals surface area contributed by atoms with Gasteiger partial charge in [-0.3, -0.25) is 38.0 Å². The molecule has 3 aromatic heterocycles. The van der Waals surface area contributed by atoms with Gasteiger partial charge in [0.15, 0.2) is 24.0 Å². The summed E-state index contributed by atoms with van der Waals surface area (Å²) in [4.78, 5) is 103. The number of Topliss-reactive ketones (excluding diaryl/α,β-unsaturated/α-hetero) is 4. The summed E-state index contributed by atoms with van der Waals surface area (Å²) >= 11 is 0. The molecule has 18 aromatic rings. The SMILES string of the molecule is O=C1C(c2ccccc2)=CC(=C2C=C(c3ccccc3)C(=O)C(c3ccccc3)=C2)C=C1c1ccccc1.O=C1c2ccc3c4ccc5c6c(ccc(c7ccc(c2c37)C(=O)C1[n+]1ccccc1)c64)C(=O)N(c1ccccc1)C5=O.O=c1c2cccc3cccc(c32)c2nc3c4ccccc4c4ccccc4c3n12. The summed E-state index contributed by atoms with van der Waals surface area (Å²) in [5, 5.41) is 14.7. The maximum Gasteiger partial charge on any atom is 0.283 e. The van der Waals surface area contributed by atoms with E-state index in [1.807, 2.05) is 235 Å². The van der Waals surface area contributed by atoms with E-state index in [2.05, 4.69) is 48.5 Å². The number of hydrogen-bond donors (Lipinski definition) is 0. The van der Waals surface area contributed by atoms with Crippen LogP contribution in [0.4, 0.5) is 5.69 Å². The van der Waals surface area contributed by atoms with Crippen LogP contribution in [0.1, 0.15) is 69.7 Å². The third-order valence-electron chi connectivity index (χ3n) is 21.8. The Morgan fingerprint density at radius 2 is 0.661 bits per heavy atom. The van der Waals surface area contributed by atoms with Crippen LogP contribution in [0.25, 0.3) is 125 Å². The van der Waals surface area contributed by atoms with Gasteiger partial charge in [0.25, 0.3) is 23.4 Å². The Hall–Kier alpha value is -14.8. The number of hydrogen-bond acceptors (Lipinski definition) is 8. The van der Waals surface area contributed by atoms with Crippen LogP contribution < -0.4 is 15.0 Å². The van der Waals surface area contributed by atoms with Crippen molar-refractivity contribution in [1.82, 2.24) is 9.38 Å². The minimum Gasteiger partial charge on any atom is -0.289 e. The Morgan fingerprint density at radius 1 is 0.294 bits per heavy atom. The lowest BCUT2D eigenvalue weighted by atomic mass is 9.78. The normalized spacial score (nSPS) is 14.5. The molecule has 0 saturated carbocycles. The molecule has 0 fully saturated rings. The van der Waals surface area contributed by atoms with Crippen LogP contribution >= 0.6 is 0 Å². The number of rotatable bonds is 6. The highest BCUT2D eigenvalue weighted by Gasteiger charge is 2.44. The second kappa shape index (κ2) is 25.2. The molecule has 4 aliphatic rings. The zero-order chi connectivity index (χ0) is 73.3. The molecule has 2 amide bonds. The summed E-state index contributed by atoms with van der Waals surface area (Å²) in [5.41, 5.74) is 12.8. The van der Waals surface area contributed by atoms with E-state index in [1.165, 1.54) is 4.90 Å². The van der Waals surface area contributed by atoms with E-state index in [-0.39, 0.29) is 40.5 Å². The van der Waals surface area contributed by atoms with E-state index in [0.717, 1.165) is 125 Å². The highest BCUT2D eigenvalue weighted by Crippen LogP contribution is 2.48. The molecule has 11 nitrogen and oxygen atoms in total. The van der Waals surface area contributed by atoms with Crippen LogP contribution in [0, 0.1) is 0 Å². The van der Waals surface area contributed by atoms with Crippen LogP contribution in [-0.4, -0.2) is 44.3 Å². The predicted molar refractivity (Wildman–Crippen MR) is 434 cm³/mol. The number of ketones is 4. The second-order valence-corrected chi connectivity index (χ2v) is 27.7. The van der Waals surface area contributed by atoms with Crippen LogP contribution in [0.5, 0.6) is 0 Å². The van der Waals surface area contributed by atoms with Gasteiger partial charge in [-0.15, -0.1) is 0 Å². The van der Waals surface area contributed by atoms with Gasteiger partial charge in [-0.1, -0.05) is 249 Å². The number of allylic oxidation sites excluding steroid dienone is 10. The molecule has 510 valence electrons. The van der Waals surface area contributed by atoms with Crippen LogP contribution in [0.2, 0.25) is 0 Å². The monoisotopic (exact) mass is 1400 g/mol. The molecule has 4 heterocycles. The highest BCUT2D eigenvalue weighted by molar-refractivity contribution is 6.47. The lowest BCUT2D eigenvalue weighted by Crippen LogP contribution is -2.49. The van der Waals surface area contributed by atoms with E-state index in [4.69, 9.17) is 4.98 Å². The number of imidazole rings is 1. The average molecular weight is 1400 g/mol. The van der Waals surface area contributed by atoms with Gasteiger partial charge in [0.2, 0.25) is 11.6 Å². The fourth-order valence-electron chi connectivity index (χ4n) is 16.9. The van der Waals surface area contributed by atoms with Crippen LogP contribution in [-0.2, 0) is 9.59 Å². The first-order chi connectivity index (χ1) is 53.6. The largest absolute Gasteiger partial charge is 0.289 e. The van der Waals surface area contributed by atoms with Crippen molar-refractivity contribution >= 4 is 166 Å². The van der Waals surface area contributed by atoms with Gasteiger partial charge < -0.3 is 0 Å². The predicted octanol–water partition coefficient (Wildman–Crippen LogP) is 20.1. The lowest BCUT2D eigenvalue weighted by Gasteiger charge is -2.29. The summed E-state index contributed by atoms with van der Waals surface area (Å²) in [6.07, 6.45) is 11.3.